The van der Waals surface area contributed by atoms with Crippen molar-refractivity contribution in [3.05, 3.63) is 81.4 Å². The van der Waals surface area contributed by atoms with Crippen LogP contribution in [0.2, 0.25) is 5.02 Å². The van der Waals surface area contributed by atoms with Gasteiger partial charge in [0.1, 0.15) is 10.5 Å². The number of thiophene rings is 1. The summed E-state index contributed by atoms with van der Waals surface area (Å²) in [7, 11) is 0. The first kappa shape index (κ1) is 16.8. The van der Waals surface area contributed by atoms with Gasteiger partial charge < -0.3 is 5.32 Å². The fraction of sp³-hybridized carbons (Fsp3) is 0.0526. The highest BCUT2D eigenvalue weighted by molar-refractivity contribution is 7.22. The molecule has 2 aromatic heterocycles. The molecule has 0 saturated heterocycles. The van der Waals surface area contributed by atoms with Crippen LogP contribution in [0.1, 0.15) is 5.56 Å². The first-order chi connectivity index (χ1) is 12.6. The summed E-state index contributed by atoms with van der Waals surface area (Å²) in [5.41, 5.74) is 2.14. The second-order valence-electron chi connectivity index (χ2n) is 5.69. The van der Waals surface area contributed by atoms with Crippen molar-refractivity contribution in [2.75, 3.05) is 5.32 Å². The van der Waals surface area contributed by atoms with Crippen LogP contribution in [0.4, 0.5) is 10.3 Å². The fourth-order valence-electron chi connectivity index (χ4n) is 2.60. The van der Waals surface area contributed by atoms with Crippen molar-refractivity contribution in [3.63, 3.8) is 0 Å². The van der Waals surface area contributed by atoms with Gasteiger partial charge in [0.15, 0.2) is 0 Å². The van der Waals surface area contributed by atoms with Gasteiger partial charge in [-0.3, -0.25) is 9.78 Å². The minimum atomic E-state index is -0.295. The summed E-state index contributed by atoms with van der Waals surface area (Å²) in [6, 6.07) is 15.5. The van der Waals surface area contributed by atoms with Crippen molar-refractivity contribution < 1.29 is 4.39 Å². The Morgan fingerprint density at radius 1 is 1.15 bits per heavy atom. The van der Waals surface area contributed by atoms with Gasteiger partial charge >= 0.3 is 0 Å². The zero-order valence-corrected chi connectivity index (χ0v) is 15.0. The number of halogens is 2. The van der Waals surface area contributed by atoms with Crippen LogP contribution in [0.25, 0.3) is 20.7 Å². The molecule has 0 unspecified atom stereocenters. The highest BCUT2D eigenvalue weighted by Crippen LogP contribution is 2.31. The molecule has 0 aliphatic rings. The van der Waals surface area contributed by atoms with E-state index in [-0.39, 0.29) is 11.4 Å². The van der Waals surface area contributed by atoms with Gasteiger partial charge in [0.2, 0.25) is 5.95 Å². The molecule has 4 aromatic rings. The highest BCUT2D eigenvalue weighted by Gasteiger charge is 2.11. The van der Waals surface area contributed by atoms with E-state index in [1.807, 2.05) is 30.3 Å². The molecule has 0 bridgehead atoms. The Morgan fingerprint density at radius 2 is 1.92 bits per heavy atom. The van der Waals surface area contributed by atoms with E-state index in [1.165, 1.54) is 23.5 Å². The van der Waals surface area contributed by atoms with Crippen LogP contribution in [0.5, 0.6) is 0 Å². The largest absolute Gasteiger partial charge is 0.352 e. The predicted molar refractivity (Wildman–Crippen MR) is 104 cm³/mol. The molecule has 130 valence electrons. The Morgan fingerprint density at radius 3 is 2.69 bits per heavy atom. The molecule has 2 heterocycles. The summed E-state index contributed by atoms with van der Waals surface area (Å²) in [5, 5.41) is 3.75. The molecule has 7 heteroatoms. The number of hydrogen-bond acceptors (Lipinski definition) is 4. The number of rotatable bonds is 4. The summed E-state index contributed by atoms with van der Waals surface area (Å²) in [5.74, 6) is 0.0859. The number of H-pyrrole nitrogens is 1. The van der Waals surface area contributed by atoms with Crippen molar-refractivity contribution in [1.82, 2.24) is 9.97 Å². The number of aromatic amines is 1. The van der Waals surface area contributed by atoms with E-state index in [9.17, 15) is 9.18 Å². The van der Waals surface area contributed by atoms with E-state index >= 15 is 0 Å². The van der Waals surface area contributed by atoms with Crippen molar-refractivity contribution in [2.45, 2.75) is 6.54 Å². The molecule has 0 saturated carbocycles. The highest BCUT2D eigenvalue weighted by atomic mass is 35.5. The maximum absolute atomic E-state index is 13.1. The van der Waals surface area contributed by atoms with Crippen molar-refractivity contribution in [1.29, 1.82) is 0 Å². The third kappa shape index (κ3) is 3.34. The number of fused-ring (bicyclic) bond motifs is 1. The van der Waals surface area contributed by atoms with Gasteiger partial charge in [0.05, 0.1) is 5.52 Å². The average Bonchev–Trinajstić information content (AvgIpc) is 3.06. The summed E-state index contributed by atoms with van der Waals surface area (Å²) in [4.78, 5) is 20.4. The molecular weight excluding hydrogens is 373 g/mol. The number of nitrogens with zero attached hydrogens (tertiary/aromatic N) is 1. The van der Waals surface area contributed by atoms with Crippen LogP contribution >= 0.6 is 22.9 Å². The monoisotopic (exact) mass is 385 g/mol. The molecule has 0 aliphatic carbocycles. The van der Waals surface area contributed by atoms with E-state index in [2.05, 4.69) is 15.3 Å². The maximum atomic E-state index is 13.1. The molecule has 4 nitrogen and oxygen atoms in total. The molecule has 0 atom stereocenters. The second-order valence-corrected chi connectivity index (χ2v) is 7.15. The Hall–Kier alpha value is -2.70. The van der Waals surface area contributed by atoms with E-state index in [1.54, 1.807) is 12.1 Å². The van der Waals surface area contributed by atoms with Gasteiger partial charge in [-0.1, -0.05) is 41.9 Å². The Kier molecular flexibility index (Phi) is 4.44. The van der Waals surface area contributed by atoms with Gasteiger partial charge in [-0.15, -0.1) is 11.3 Å². The molecule has 0 aliphatic heterocycles. The van der Waals surface area contributed by atoms with Crippen LogP contribution in [0.15, 0.2) is 59.4 Å². The van der Waals surface area contributed by atoms with E-state index in [0.717, 1.165) is 16.0 Å². The third-order valence-electron chi connectivity index (χ3n) is 3.92. The first-order valence-corrected chi connectivity index (χ1v) is 9.07. The topological polar surface area (TPSA) is 57.8 Å². The average molecular weight is 386 g/mol. The van der Waals surface area contributed by atoms with E-state index in [4.69, 9.17) is 11.6 Å². The zero-order valence-electron chi connectivity index (χ0n) is 13.4. The van der Waals surface area contributed by atoms with Crippen molar-refractivity contribution >= 4 is 39.1 Å². The molecule has 2 N–H and O–H groups in total. The number of hydrogen-bond donors (Lipinski definition) is 2. The number of nitrogens with one attached hydrogen (secondary N) is 2. The smallest absolute Gasteiger partial charge is 0.270 e. The summed E-state index contributed by atoms with van der Waals surface area (Å²) >= 11 is 7.47. The summed E-state index contributed by atoms with van der Waals surface area (Å²) in [6.07, 6.45) is 0. The molecule has 2 aromatic carbocycles. The van der Waals surface area contributed by atoms with Crippen LogP contribution < -0.4 is 10.9 Å². The van der Waals surface area contributed by atoms with Gasteiger partial charge in [-0.25, -0.2) is 9.37 Å². The van der Waals surface area contributed by atoms with Crippen molar-refractivity contribution in [3.8, 4) is 10.4 Å². The number of benzene rings is 2. The molecule has 4 rings (SSSR count). The van der Waals surface area contributed by atoms with Gasteiger partial charge in [-0.2, -0.15) is 0 Å². The maximum Gasteiger partial charge on any atom is 0.270 e. The SMILES string of the molecule is O=c1[nH]c(NCc2ccccc2Cl)nc2cc(-c3ccc(F)cc3)sc12. The van der Waals surface area contributed by atoms with Crippen LogP contribution in [-0.2, 0) is 6.54 Å². The zero-order chi connectivity index (χ0) is 18.1. The van der Waals surface area contributed by atoms with Gasteiger partial charge in [0.25, 0.3) is 5.56 Å². The Balaban J connectivity index is 1.65. The second kappa shape index (κ2) is 6.90. The third-order valence-corrected chi connectivity index (χ3v) is 5.46. The van der Waals surface area contributed by atoms with Crippen molar-refractivity contribution in [2.24, 2.45) is 0 Å². The predicted octanol–water partition coefficient (Wildman–Crippen LogP) is 5.06. The Labute approximate surface area is 157 Å². The lowest BCUT2D eigenvalue weighted by molar-refractivity contribution is 0.628. The Bertz CT molecular complexity index is 1140. The molecule has 0 fully saturated rings. The summed E-state index contributed by atoms with van der Waals surface area (Å²) in [6.45, 7) is 0.447. The molecule has 0 spiro atoms. The molecule has 0 radical (unpaired) electrons. The normalized spacial score (nSPS) is 11.0. The number of aromatic nitrogens is 2. The molecular formula is C19H13ClFN3OS. The van der Waals surface area contributed by atoms with Gasteiger partial charge in [-0.05, 0) is 35.4 Å². The van der Waals surface area contributed by atoms with Crippen LogP contribution in [0, 0.1) is 5.82 Å². The summed E-state index contributed by atoms with van der Waals surface area (Å²) < 4.78 is 13.6. The van der Waals surface area contributed by atoms with Crippen LogP contribution in [-0.4, -0.2) is 9.97 Å². The minimum absolute atomic E-state index is 0.213. The van der Waals surface area contributed by atoms with E-state index < -0.39 is 0 Å². The standard InChI is InChI=1S/C19H13ClFN3OS/c20-14-4-2-1-3-12(14)10-22-19-23-15-9-16(26-17(15)18(25)24-19)11-5-7-13(21)8-6-11/h1-9H,10H2,(H2,22,23,24,25). The quantitative estimate of drug-likeness (QED) is 0.516. The van der Waals surface area contributed by atoms with E-state index in [0.29, 0.717) is 27.7 Å². The molecule has 0 amide bonds. The molecule has 26 heavy (non-hydrogen) atoms. The first-order valence-electron chi connectivity index (χ1n) is 7.87. The lowest BCUT2D eigenvalue weighted by Gasteiger charge is -2.06. The fourth-order valence-corrected chi connectivity index (χ4v) is 3.80. The van der Waals surface area contributed by atoms with Gasteiger partial charge in [0, 0.05) is 16.4 Å². The van der Waals surface area contributed by atoms with Crippen LogP contribution in [0.3, 0.4) is 0 Å². The minimum Gasteiger partial charge on any atom is -0.352 e. The lowest BCUT2D eigenvalue weighted by Crippen LogP contribution is -2.12. The number of anilines is 1. The lowest BCUT2D eigenvalue weighted by atomic mass is 10.2.